The zero-order valence-corrected chi connectivity index (χ0v) is 13.2. The molecule has 112 valence electrons. The molecule has 1 aromatic heterocycles. The van der Waals surface area contributed by atoms with Crippen LogP contribution in [0.1, 0.15) is 22.8 Å². The first kappa shape index (κ1) is 14.5. The van der Waals surface area contributed by atoms with Gasteiger partial charge in [0.1, 0.15) is 5.75 Å². The third kappa shape index (κ3) is 3.09. The number of aryl methyl sites for hydroxylation is 1. The first-order chi connectivity index (χ1) is 10.7. The van der Waals surface area contributed by atoms with E-state index in [1.54, 1.807) is 0 Å². The fourth-order valence-corrected chi connectivity index (χ4v) is 2.93. The number of benzene rings is 2. The first-order valence-corrected chi connectivity index (χ1v) is 7.89. The highest BCUT2D eigenvalue weighted by Crippen LogP contribution is 2.29. The summed E-state index contributed by atoms with van der Waals surface area (Å²) in [6.45, 7) is 4.55. The summed E-state index contributed by atoms with van der Waals surface area (Å²) >= 11 is 1.45. The molecular formula is C17H16N2O2S. The summed E-state index contributed by atoms with van der Waals surface area (Å²) in [5.41, 5.74) is 2.58. The maximum atomic E-state index is 12.2. The van der Waals surface area contributed by atoms with Gasteiger partial charge in [-0.1, -0.05) is 29.0 Å². The van der Waals surface area contributed by atoms with Crippen molar-refractivity contribution >= 4 is 32.6 Å². The van der Waals surface area contributed by atoms with E-state index >= 15 is 0 Å². The molecule has 0 aliphatic carbocycles. The van der Waals surface area contributed by atoms with Crippen LogP contribution in [0.5, 0.6) is 5.75 Å². The summed E-state index contributed by atoms with van der Waals surface area (Å²) in [5.74, 6) is 0.640. The summed E-state index contributed by atoms with van der Waals surface area (Å²) < 4.78 is 6.48. The number of carbonyl (C=O) groups excluding carboxylic acids is 1. The quantitative estimate of drug-likeness (QED) is 0.783. The number of hydrogen-bond donors (Lipinski definition) is 1. The number of nitrogens with one attached hydrogen (secondary N) is 1. The number of carbonyl (C=O) groups is 1. The molecule has 0 fully saturated rings. The number of rotatable bonds is 4. The smallest absolute Gasteiger partial charge is 0.257 e. The number of ether oxygens (including phenoxy) is 1. The lowest BCUT2D eigenvalue weighted by molar-refractivity contribution is 0.102. The van der Waals surface area contributed by atoms with Gasteiger partial charge in [0.15, 0.2) is 5.13 Å². The van der Waals surface area contributed by atoms with E-state index in [0.717, 1.165) is 21.5 Å². The van der Waals surface area contributed by atoms with Crippen molar-refractivity contribution in [1.29, 1.82) is 0 Å². The zero-order valence-electron chi connectivity index (χ0n) is 12.4. The Morgan fingerprint density at radius 1 is 1.23 bits per heavy atom. The lowest BCUT2D eigenvalue weighted by atomic mass is 10.1. The number of hydrogen-bond acceptors (Lipinski definition) is 4. The van der Waals surface area contributed by atoms with Gasteiger partial charge in [-0.05, 0) is 38.1 Å². The van der Waals surface area contributed by atoms with Gasteiger partial charge in [-0.25, -0.2) is 4.98 Å². The van der Waals surface area contributed by atoms with Crippen LogP contribution in [-0.4, -0.2) is 17.5 Å². The number of thiazole rings is 1. The molecule has 0 atom stereocenters. The molecule has 4 nitrogen and oxygen atoms in total. The number of fused-ring (bicyclic) bond motifs is 1. The monoisotopic (exact) mass is 312 g/mol. The molecule has 0 saturated carbocycles. The minimum absolute atomic E-state index is 0.149. The lowest BCUT2D eigenvalue weighted by Gasteiger charge is -2.01. The Morgan fingerprint density at radius 3 is 2.73 bits per heavy atom. The summed E-state index contributed by atoms with van der Waals surface area (Å²) in [6.07, 6.45) is 0. The predicted molar refractivity (Wildman–Crippen MR) is 89.9 cm³/mol. The Hall–Kier alpha value is -2.40. The van der Waals surface area contributed by atoms with Gasteiger partial charge >= 0.3 is 0 Å². The molecule has 0 saturated heterocycles. The summed E-state index contributed by atoms with van der Waals surface area (Å²) in [6, 6.07) is 13.2. The van der Waals surface area contributed by atoms with Gasteiger partial charge in [-0.3, -0.25) is 10.1 Å². The molecule has 0 unspecified atom stereocenters. The van der Waals surface area contributed by atoms with Crippen molar-refractivity contribution in [3.8, 4) is 5.75 Å². The van der Waals surface area contributed by atoms with E-state index in [1.165, 1.54) is 11.3 Å². The molecule has 2 aromatic carbocycles. The molecule has 3 rings (SSSR count). The van der Waals surface area contributed by atoms with E-state index in [0.29, 0.717) is 17.3 Å². The summed E-state index contributed by atoms with van der Waals surface area (Å²) in [5, 5.41) is 3.44. The van der Waals surface area contributed by atoms with E-state index in [4.69, 9.17) is 4.74 Å². The standard InChI is InChI=1S/C17H16N2O2S/c1-3-21-13-8-9-15-14(10-13)18-17(22-15)19-16(20)12-6-4-11(2)5-7-12/h4-10H,3H2,1-2H3,(H,18,19,20). The van der Waals surface area contributed by atoms with Crippen molar-refractivity contribution in [2.45, 2.75) is 13.8 Å². The number of anilines is 1. The molecule has 5 heteroatoms. The van der Waals surface area contributed by atoms with Crippen molar-refractivity contribution in [3.05, 3.63) is 53.6 Å². The Labute approximate surface area is 132 Å². The van der Waals surface area contributed by atoms with E-state index in [-0.39, 0.29) is 5.91 Å². The average molecular weight is 312 g/mol. The number of aromatic nitrogens is 1. The van der Waals surface area contributed by atoms with Gasteiger partial charge in [-0.2, -0.15) is 0 Å². The second kappa shape index (κ2) is 6.15. The Balaban J connectivity index is 1.81. The molecular weight excluding hydrogens is 296 g/mol. The van der Waals surface area contributed by atoms with Crippen molar-refractivity contribution < 1.29 is 9.53 Å². The van der Waals surface area contributed by atoms with Crippen LogP contribution in [-0.2, 0) is 0 Å². The van der Waals surface area contributed by atoms with E-state index in [2.05, 4.69) is 10.3 Å². The fourth-order valence-electron chi connectivity index (χ4n) is 2.09. The molecule has 1 amide bonds. The molecule has 1 N–H and O–H groups in total. The molecule has 0 radical (unpaired) electrons. The average Bonchev–Trinajstić information content (AvgIpc) is 2.89. The van der Waals surface area contributed by atoms with Crippen LogP contribution in [0, 0.1) is 6.92 Å². The van der Waals surface area contributed by atoms with Crippen LogP contribution in [0.2, 0.25) is 0 Å². The van der Waals surface area contributed by atoms with E-state index < -0.39 is 0 Å². The minimum Gasteiger partial charge on any atom is -0.494 e. The number of amides is 1. The molecule has 0 aliphatic rings. The number of nitrogens with zero attached hydrogens (tertiary/aromatic N) is 1. The second-order valence-corrected chi connectivity index (χ2v) is 5.93. The largest absolute Gasteiger partial charge is 0.494 e. The van der Waals surface area contributed by atoms with Crippen molar-refractivity contribution in [2.75, 3.05) is 11.9 Å². The van der Waals surface area contributed by atoms with Gasteiger partial charge in [0.2, 0.25) is 0 Å². The SMILES string of the molecule is CCOc1ccc2sc(NC(=O)c3ccc(C)cc3)nc2c1. The molecule has 0 aliphatic heterocycles. The van der Waals surface area contributed by atoms with Crippen LogP contribution in [0.3, 0.4) is 0 Å². The molecule has 1 heterocycles. The summed E-state index contributed by atoms with van der Waals surface area (Å²) in [7, 11) is 0. The van der Waals surface area contributed by atoms with Crippen molar-refractivity contribution in [1.82, 2.24) is 4.98 Å². The van der Waals surface area contributed by atoms with Gasteiger partial charge in [0.05, 0.1) is 16.8 Å². The zero-order chi connectivity index (χ0) is 15.5. The van der Waals surface area contributed by atoms with E-state index in [1.807, 2.05) is 56.3 Å². The van der Waals surface area contributed by atoms with Crippen LogP contribution in [0.4, 0.5) is 5.13 Å². The maximum Gasteiger partial charge on any atom is 0.257 e. The molecule has 3 aromatic rings. The van der Waals surface area contributed by atoms with Crippen molar-refractivity contribution in [2.24, 2.45) is 0 Å². The third-order valence-electron chi connectivity index (χ3n) is 3.20. The molecule has 0 spiro atoms. The van der Waals surface area contributed by atoms with E-state index in [9.17, 15) is 4.79 Å². The van der Waals surface area contributed by atoms with Gasteiger partial charge in [0.25, 0.3) is 5.91 Å². The highest BCUT2D eigenvalue weighted by atomic mass is 32.1. The predicted octanol–water partition coefficient (Wildman–Crippen LogP) is 4.26. The summed E-state index contributed by atoms with van der Waals surface area (Å²) in [4.78, 5) is 16.6. The van der Waals surface area contributed by atoms with Gasteiger partial charge in [0, 0.05) is 11.6 Å². The fraction of sp³-hybridized carbons (Fsp3) is 0.176. The Bertz CT molecular complexity index is 809. The van der Waals surface area contributed by atoms with Crippen LogP contribution >= 0.6 is 11.3 Å². The Kier molecular flexibility index (Phi) is 4.06. The van der Waals surface area contributed by atoms with Crippen LogP contribution in [0.15, 0.2) is 42.5 Å². The highest BCUT2D eigenvalue weighted by Gasteiger charge is 2.10. The molecule has 22 heavy (non-hydrogen) atoms. The second-order valence-electron chi connectivity index (χ2n) is 4.90. The maximum absolute atomic E-state index is 12.2. The Morgan fingerprint density at radius 2 is 2.00 bits per heavy atom. The normalized spacial score (nSPS) is 10.6. The van der Waals surface area contributed by atoms with Crippen molar-refractivity contribution in [3.63, 3.8) is 0 Å². The third-order valence-corrected chi connectivity index (χ3v) is 4.16. The topological polar surface area (TPSA) is 51.2 Å². The lowest BCUT2D eigenvalue weighted by Crippen LogP contribution is -2.11. The van der Waals surface area contributed by atoms with Gasteiger partial charge in [-0.15, -0.1) is 0 Å². The minimum atomic E-state index is -0.149. The van der Waals surface area contributed by atoms with Crippen LogP contribution in [0.25, 0.3) is 10.2 Å². The molecule has 0 bridgehead atoms. The first-order valence-electron chi connectivity index (χ1n) is 7.07. The highest BCUT2D eigenvalue weighted by molar-refractivity contribution is 7.22. The van der Waals surface area contributed by atoms with Gasteiger partial charge < -0.3 is 4.74 Å². The van der Waals surface area contributed by atoms with Crippen LogP contribution < -0.4 is 10.1 Å².